The van der Waals surface area contributed by atoms with E-state index < -0.39 is 51.8 Å². The Labute approximate surface area is 340 Å². The average molecular weight is 819 g/mol. The zero-order valence-corrected chi connectivity index (χ0v) is 34.4. The molecule has 3 aromatic carbocycles. The van der Waals surface area contributed by atoms with Crippen LogP contribution >= 0.6 is 0 Å². The second kappa shape index (κ2) is 19.8. The summed E-state index contributed by atoms with van der Waals surface area (Å²) in [7, 11) is -1.36. The molecule has 4 atom stereocenters. The van der Waals surface area contributed by atoms with Crippen molar-refractivity contribution in [3.05, 3.63) is 89.5 Å². The summed E-state index contributed by atoms with van der Waals surface area (Å²) in [6.45, 7) is 5.90. The minimum Gasteiger partial charge on any atom is -0.497 e. The van der Waals surface area contributed by atoms with Gasteiger partial charge >= 0.3 is 0 Å². The molecule has 0 unspecified atom stereocenters. The Balaban J connectivity index is 1.50. The van der Waals surface area contributed by atoms with Gasteiger partial charge in [-0.25, -0.2) is 8.42 Å². The minimum absolute atomic E-state index is 0.0135. The third-order valence-corrected chi connectivity index (χ3v) is 11.5. The Bertz CT molecular complexity index is 2020. The highest BCUT2D eigenvalue weighted by Crippen LogP contribution is 2.30. The molecule has 1 fully saturated rings. The number of amides is 5. The van der Waals surface area contributed by atoms with Gasteiger partial charge in [-0.15, -0.1) is 0 Å². The highest BCUT2D eigenvalue weighted by molar-refractivity contribution is 7.89. The number of methoxy groups -OCH3 is 1. The molecule has 0 aromatic heterocycles. The van der Waals surface area contributed by atoms with Crippen LogP contribution < -0.4 is 35.5 Å². The number of benzene rings is 3. The SMILES string of the molecule is CNC(=O)c1ccc(S(=O)(=O)N[C@H]2Cc3ccc(cc3)OC[C@H](CC(C)C)NC(=O)CN(CC3CC3)C(=O)[C@@H](C)NC(=O)[C@H](Cc3ccc(OC)cc3)NC2=O)cc1. The van der Waals surface area contributed by atoms with Crippen LogP contribution in [0, 0.1) is 11.8 Å². The van der Waals surface area contributed by atoms with E-state index in [0.717, 1.165) is 12.8 Å². The fourth-order valence-corrected chi connectivity index (χ4v) is 7.88. The van der Waals surface area contributed by atoms with E-state index in [1.54, 1.807) is 48.5 Å². The Hall–Kier alpha value is -5.48. The van der Waals surface area contributed by atoms with E-state index >= 15 is 0 Å². The van der Waals surface area contributed by atoms with Crippen LogP contribution in [-0.2, 0) is 42.0 Å². The fraction of sp³-hybridized carbons (Fsp3) is 0.452. The maximum Gasteiger partial charge on any atom is 0.251 e. The van der Waals surface area contributed by atoms with E-state index in [0.29, 0.717) is 35.6 Å². The number of nitrogens with zero attached hydrogens (tertiary/aromatic N) is 1. The first kappa shape index (κ1) is 43.6. The molecule has 6 rings (SSSR count). The Kier molecular flexibility index (Phi) is 14.9. The summed E-state index contributed by atoms with van der Waals surface area (Å²) in [5, 5.41) is 11.0. The Morgan fingerprint density at radius 1 is 0.914 bits per heavy atom. The molecule has 312 valence electrons. The molecule has 1 aliphatic carbocycles. The van der Waals surface area contributed by atoms with Gasteiger partial charge in [0, 0.05) is 25.6 Å². The van der Waals surface area contributed by atoms with Crippen molar-refractivity contribution in [2.45, 2.75) is 81.9 Å². The van der Waals surface area contributed by atoms with E-state index in [1.807, 2.05) is 13.8 Å². The van der Waals surface area contributed by atoms with Gasteiger partial charge in [0.2, 0.25) is 33.7 Å². The standard InChI is InChI=1S/C42H54N6O9S/c1-26(2)20-32-25-57-34-16-10-29(11-17-34)22-37(47-58(54,55)35-18-12-31(13-19-35)39(50)43-4)41(52)46-36(21-28-8-14-33(56-5)15-9-28)40(51)44-27(3)42(53)48(23-30-6-7-30)24-38(49)45-32/h8-19,26-27,30,32,36-37,47H,6-7,20-25H2,1-5H3,(H,43,50)(H,44,51)(H,45,49)(H,46,52)/t27-,32+,36+,37+/m1/s1. The monoisotopic (exact) mass is 818 g/mol. The van der Waals surface area contributed by atoms with E-state index in [4.69, 9.17) is 9.47 Å². The fourth-order valence-electron chi connectivity index (χ4n) is 6.68. The summed E-state index contributed by atoms with van der Waals surface area (Å²) in [6.07, 6.45) is 2.35. The van der Waals surface area contributed by atoms with Gasteiger partial charge in [0.15, 0.2) is 0 Å². The second-order valence-electron chi connectivity index (χ2n) is 15.3. The normalized spacial score (nSPS) is 21.4. The van der Waals surface area contributed by atoms with Gasteiger partial charge in [0.05, 0.1) is 24.6 Å². The summed E-state index contributed by atoms with van der Waals surface area (Å²) in [5.74, 6) is -1.11. The van der Waals surface area contributed by atoms with Gasteiger partial charge in [0.1, 0.15) is 36.2 Å². The quantitative estimate of drug-likeness (QED) is 0.180. The van der Waals surface area contributed by atoms with Crippen LogP contribution in [0.2, 0.25) is 0 Å². The highest BCUT2D eigenvalue weighted by Gasteiger charge is 2.34. The zero-order valence-electron chi connectivity index (χ0n) is 33.6. The smallest absolute Gasteiger partial charge is 0.251 e. The van der Waals surface area contributed by atoms with Crippen LogP contribution in [0.4, 0.5) is 0 Å². The first-order valence-corrected chi connectivity index (χ1v) is 21.0. The Morgan fingerprint density at radius 2 is 1.59 bits per heavy atom. The van der Waals surface area contributed by atoms with E-state index in [1.165, 1.54) is 50.2 Å². The number of rotatable bonds is 11. The lowest BCUT2D eigenvalue weighted by Gasteiger charge is -2.29. The largest absolute Gasteiger partial charge is 0.497 e. The average Bonchev–Trinajstić information content (AvgIpc) is 4.03. The second-order valence-corrected chi connectivity index (χ2v) is 17.1. The molecule has 5 amide bonds. The third kappa shape index (κ3) is 12.5. The molecule has 0 saturated heterocycles. The summed E-state index contributed by atoms with van der Waals surface area (Å²) >= 11 is 0. The highest BCUT2D eigenvalue weighted by atomic mass is 32.2. The molecule has 16 heteroatoms. The molecule has 2 heterocycles. The summed E-state index contributed by atoms with van der Waals surface area (Å²) in [6, 6.07) is 14.9. The van der Waals surface area contributed by atoms with Crippen LogP contribution in [-0.4, -0.2) is 101 Å². The zero-order chi connectivity index (χ0) is 42.0. The predicted octanol–water partition coefficient (Wildman–Crippen LogP) is 2.34. The van der Waals surface area contributed by atoms with Crippen molar-refractivity contribution in [3.8, 4) is 11.5 Å². The lowest BCUT2D eigenvalue weighted by Crippen LogP contribution is -2.58. The molecule has 3 aliphatic rings. The number of sulfonamides is 1. The van der Waals surface area contributed by atoms with Crippen molar-refractivity contribution >= 4 is 39.6 Å². The first-order chi connectivity index (χ1) is 27.6. The van der Waals surface area contributed by atoms with Crippen LogP contribution in [0.15, 0.2) is 77.7 Å². The summed E-state index contributed by atoms with van der Waals surface area (Å²) in [5.41, 5.74) is 1.48. The molecule has 2 bridgehead atoms. The number of hydrogen-bond donors (Lipinski definition) is 5. The van der Waals surface area contributed by atoms with Gasteiger partial charge in [-0.2, -0.15) is 4.72 Å². The molecule has 2 aliphatic heterocycles. The first-order valence-electron chi connectivity index (χ1n) is 19.5. The van der Waals surface area contributed by atoms with E-state index in [-0.39, 0.29) is 60.2 Å². The molecular formula is C42H54N6O9S. The lowest BCUT2D eigenvalue weighted by atomic mass is 10.0. The van der Waals surface area contributed by atoms with Gasteiger partial charge in [-0.3, -0.25) is 24.0 Å². The van der Waals surface area contributed by atoms with E-state index in [2.05, 4.69) is 26.0 Å². The third-order valence-electron chi connectivity index (χ3n) is 9.99. The number of carbonyl (C=O) groups is 5. The lowest BCUT2D eigenvalue weighted by molar-refractivity contribution is -0.140. The molecule has 15 nitrogen and oxygen atoms in total. The maximum atomic E-state index is 14.3. The van der Waals surface area contributed by atoms with Crippen molar-refractivity contribution in [3.63, 3.8) is 0 Å². The maximum absolute atomic E-state index is 14.3. The van der Waals surface area contributed by atoms with Gasteiger partial charge in [-0.05, 0) is 104 Å². The van der Waals surface area contributed by atoms with Gasteiger partial charge < -0.3 is 35.6 Å². The van der Waals surface area contributed by atoms with Crippen LogP contribution in [0.3, 0.4) is 0 Å². The van der Waals surface area contributed by atoms with Crippen molar-refractivity contribution < 1.29 is 41.9 Å². The number of nitrogens with one attached hydrogen (secondary N) is 5. The predicted molar refractivity (Wildman–Crippen MR) is 217 cm³/mol. The summed E-state index contributed by atoms with van der Waals surface area (Å²) in [4.78, 5) is 69.2. The molecule has 0 spiro atoms. The molecule has 0 radical (unpaired) electrons. The van der Waals surface area contributed by atoms with Gasteiger partial charge in [-0.1, -0.05) is 38.1 Å². The number of hydrogen-bond acceptors (Lipinski definition) is 9. The van der Waals surface area contributed by atoms with Crippen molar-refractivity contribution in [1.82, 2.24) is 30.9 Å². The van der Waals surface area contributed by atoms with Crippen molar-refractivity contribution in [1.29, 1.82) is 0 Å². The molecule has 5 N–H and O–H groups in total. The Morgan fingerprint density at radius 3 is 2.19 bits per heavy atom. The minimum atomic E-state index is -4.34. The molecular weight excluding hydrogens is 765 g/mol. The molecule has 58 heavy (non-hydrogen) atoms. The number of carbonyl (C=O) groups excluding carboxylic acids is 5. The van der Waals surface area contributed by atoms with Crippen LogP contribution in [0.25, 0.3) is 0 Å². The van der Waals surface area contributed by atoms with Crippen LogP contribution in [0.5, 0.6) is 11.5 Å². The number of ether oxygens (including phenoxy) is 2. The molecule has 3 aromatic rings. The summed E-state index contributed by atoms with van der Waals surface area (Å²) < 4.78 is 41.5. The molecule has 1 saturated carbocycles. The van der Waals surface area contributed by atoms with E-state index in [9.17, 15) is 32.4 Å². The van der Waals surface area contributed by atoms with Crippen molar-refractivity contribution in [2.24, 2.45) is 11.8 Å². The topological polar surface area (TPSA) is 201 Å². The number of fused-ring (bicyclic) bond motifs is 17. The van der Waals surface area contributed by atoms with Crippen molar-refractivity contribution in [2.75, 3.05) is 33.9 Å². The van der Waals surface area contributed by atoms with Crippen LogP contribution in [0.1, 0.15) is 61.5 Å². The van der Waals surface area contributed by atoms with Gasteiger partial charge in [0.25, 0.3) is 5.91 Å².